The molecule has 1 aliphatic rings. The van der Waals surface area contributed by atoms with Crippen molar-refractivity contribution in [2.45, 2.75) is 30.6 Å². The van der Waals surface area contributed by atoms with Crippen molar-refractivity contribution in [2.24, 2.45) is 0 Å². The first-order chi connectivity index (χ1) is 10.8. The molecule has 1 aromatic heterocycles. The van der Waals surface area contributed by atoms with Crippen LogP contribution in [0.25, 0.3) is 0 Å². The van der Waals surface area contributed by atoms with Crippen molar-refractivity contribution in [3.8, 4) is 0 Å². The van der Waals surface area contributed by atoms with E-state index in [1.807, 2.05) is 4.98 Å². The molecule has 0 aromatic carbocycles. The van der Waals surface area contributed by atoms with E-state index < -0.39 is 60.0 Å². The van der Waals surface area contributed by atoms with Crippen molar-refractivity contribution in [3.05, 3.63) is 32.6 Å². The summed E-state index contributed by atoms with van der Waals surface area (Å²) in [5.41, 5.74) is -2.52. The van der Waals surface area contributed by atoms with Gasteiger partial charge in [0.15, 0.2) is 12.3 Å². The highest BCUT2D eigenvalue weighted by Gasteiger charge is 2.44. The number of hydrogen-bond donors (Lipinski definition) is 5. The van der Waals surface area contributed by atoms with Gasteiger partial charge in [0.2, 0.25) is 0 Å². The van der Waals surface area contributed by atoms with Crippen LogP contribution in [0.15, 0.2) is 15.8 Å². The molecule has 5 atom stereocenters. The predicted molar refractivity (Wildman–Crippen MR) is 71.3 cm³/mol. The number of aromatic nitrogens is 2. The van der Waals surface area contributed by atoms with Gasteiger partial charge in [-0.1, -0.05) is 0 Å². The van der Waals surface area contributed by atoms with Crippen LogP contribution in [-0.4, -0.2) is 68.0 Å². The van der Waals surface area contributed by atoms with Gasteiger partial charge in [-0.3, -0.25) is 14.3 Å². The van der Waals surface area contributed by atoms with Gasteiger partial charge in [-0.15, -0.1) is 0 Å². The summed E-state index contributed by atoms with van der Waals surface area (Å²) in [6.45, 7) is -0.607. The number of H-pyrrole nitrogens is 1. The number of methoxy groups -OCH3 is 1. The quantitative estimate of drug-likeness (QED) is 0.349. The minimum atomic E-state index is -1.95. The number of ether oxygens (including phenoxy) is 2. The molecule has 1 aromatic rings. The van der Waals surface area contributed by atoms with Gasteiger partial charge < -0.3 is 29.9 Å². The number of aliphatic hydroxyl groups excluding tert-OH is 4. The molecule has 0 bridgehead atoms. The lowest BCUT2D eigenvalue weighted by atomic mass is 10.1. The zero-order valence-electron chi connectivity index (χ0n) is 11.9. The van der Waals surface area contributed by atoms with Crippen molar-refractivity contribution in [1.82, 2.24) is 9.55 Å². The van der Waals surface area contributed by atoms with Crippen LogP contribution in [-0.2, 0) is 14.3 Å². The Kier molecular flexibility index (Phi) is 4.97. The highest BCUT2D eigenvalue weighted by Crippen LogP contribution is 2.28. The second kappa shape index (κ2) is 6.60. The van der Waals surface area contributed by atoms with Gasteiger partial charge in [-0.25, -0.2) is 9.59 Å². The standard InChI is InChI=1S/C12H16N2O9/c1-22-11(20)6(16)4-2-14(12(21)13-9(4)19)10-8(18)7(17)5(3-15)23-10/h2,5-8,10,15-18H,3H2,1H3,(H,13,19,21)/t5-,6?,7?,8?,10-/m0/s1. The molecule has 3 unspecified atom stereocenters. The molecule has 1 fully saturated rings. The lowest BCUT2D eigenvalue weighted by Crippen LogP contribution is -2.39. The van der Waals surface area contributed by atoms with Crippen molar-refractivity contribution >= 4 is 5.97 Å². The molecule has 0 radical (unpaired) electrons. The minimum Gasteiger partial charge on any atom is -0.467 e. The van der Waals surface area contributed by atoms with Crippen LogP contribution >= 0.6 is 0 Å². The van der Waals surface area contributed by atoms with Crippen LogP contribution in [0.4, 0.5) is 0 Å². The number of nitrogens with zero attached hydrogens (tertiary/aromatic N) is 1. The van der Waals surface area contributed by atoms with E-state index in [2.05, 4.69) is 4.74 Å². The Morgan fingerprint density at radius 1 is 1.43 bits per heavy atom. The Balaban J connectivity index is 2.46. The summed E-state index contributed by atoms with van der Waals surface area (Å²) >= 11 is 0. The zero-order valence-corrected chi connectivity index (χ0v) is 11.9. The number of aromatic amines is 1. The van der Waals surface area contributed by atoms with Gasteiger partial charge in [-0.2, -0.15) is 0 Å². The summed E-state index contributed by atoms with van der Waals surface area (Å²) in [6, 6.07) is 0. The maximum atomic E-state index is 11.9. The number of carbonyl (C=O) groups excluding carboxylic acids is 1. The monoisotopic (exact) mass is 332 g/mol. The number of aliphatic hydroxyl groups is 4. The van der Waals surface area contributed by atoms with Crippen LogP contribution in [0.1, 0.15) is 17.9 Å². The van der Waals surface area contributed by atoms with Gasteiger partial charge in [0.05, 0.1) is 19.3 Å². The third kappa shape index (κ3) is 3.04. The predicted octanol–water partition coefficient (Wildman–Crippen LogP) is -3.65. The maximum Gasteiger partial charge on any atom is 0.339 e. The largest absolute Gasteiger partial charge is 0.467 e. The molecule has 0 amide bonds. The van der Waals surface area contributed by atoms with E-state index in [1.54, 1.807) is 0 Å². The maximum absolute atomic E-state index is 11.9. The van der Waals surface area contributed by atoms with E-state index in [-0.39, 0.29) is 0 Å². The Hall–Kier alpha value is -2.05. The Bertz CT molecular complexity index is 697. The fourth-order valence-corrected chi connectivity index (χ4v) is 2.23. The topological polar surface area (TPSA) is 171 Å². The van der Waals surface area contributed by atoms with E-state index in [1.165, 1.54) is 0 Å². The van der Waals surface area contributed by atoms with Crippen molar-refractivity contribution in [3.63, 3.8) is 0 Å². The zero-order chi connectivity index (χ0) is 17.3. The van der Waals surface area contributed by atoms with Crippen LogP contribution in [0, 0.1) is 0 Å². The molecule has 23 heavy (non-hydrogen) atoms. The molecular formula is C12H16N2O9. The fraction of sp³-hybridized carbons (Fsp3) is 0.583. The van der Waals surface area contributed by atoms with E-state index in [0.29, 0.717) is 4.57 Å². The molecule has 128 valence electrons. The Morgan fingerprint density at radius 3 is 2.61 bits per heavy atom. The molecule has 11 heteroatoms. The highest BCUT2D eigenvalue weighted by molar-refractivity contribution is 5.75. The van der Waals surface area contributed by atoms with E-state index in [9.17, 15) is 29.7 Å². The summed E-state index contributed by atoms with van der Waals surface area (Å²) in [6.07, 6.45) is -6.72. The lowest BCUT2D eigenvalue weighted by molar-refractivity contribution is -0.150. The number of nitrogens with one attached hydrogen (secondary N) is 1. The molecular weight excluding hydrogens is 316 g/mol. The van der Waals surface area contributed by atoms with Crippen LogP contribution in [0.5, 0.6) is 0 Å². The smallest absolute Gasteiger partial charge is 0.339 e. The molecule has 1 saturated heterocycles. The van der Waals surface area contributed by atoms with E-state index >= 15 is 0 Å². The molecule has 0 saturated carbocycles. The SMILES string of the molecule is COC(=O)C(O)c1cn([C@H]2O[C@@H](CO)C(O)C2O)c(=O)[nH]c1=O. The fourth-order valence-electron chi connectivity index (χ4n) is 2.23. The summed E-state index contributed by atoms with van der Waals surface area (Å²) in [5, 5.41) is 38.4. The minimum absolute atomic E-state index is 0.505. The number of carbonyl (C=O) groups is 1. The third-order valence-corrected chi connectivity index (χ3v) is 3.51. The first kappa shape index (κ1) is 17.3. The van der Waals surface area contributed by atoms with Gasteiger partial charge in [-0.05, 0) is 0 Å². The Morgan fingerprint density at radius 2 is 2.09 bits per heavy atom. The molecule has 2 heterocycles. The van der Waals surface area contributed by atoms with Crippen LogP contribution < -0.4 is 11.2 Å². The third-order valence-electron chi connectivity index (χ3n) is 3.51. The number of esters is 1. The first-order valence-corrected chi connectivity index (χ1v) is 6.55. The first-order valence-electron chi connectivity index (χ1n) is 6.55. The molecule has 1 aliphatic heterocycles. The number of rotatable bonds is 4. The van der Waals surface area contributed by atoms with Gasteiger partial charge >= 0.3 is 11.7 Å². The summed E-state index contributed by atoms with van der Waals surface area (Å²) in [7, 11) is 1.00. The van der Waals surface area contributed by atoms with Crippen LogP contribution in [0.3, 0.4) is 0 Å². The number of hydrogen-bond acceptors (Lipinski definition) is 9. The van der Waals surface area contributed by atoms with Gasteiger partial charge in [0, 0.05) is 6.20 Å². The second-order valence-corrected chi connectivity index (χ2v) is 4.91. The van der Waals surface area contributed by atoms with E-state index in [4.69, 9.17) is 9.84 Å². The Labute approximate surface area is 128 Å². The second-order valence-electron chi connectivity index (χ2n) is 4.91. The van der Waals surface area contributed by atoms with Crippen molar-refractivity contribution < 1.29 is 34.7 Å². The molecule has 2 rings (SSSR count). The van der Waals surface area contributed by atoms with Crippen LogP contribution in [0.2, 0.25) is 0 Å². The lowest BCUT2D eigenvalue weighted by Gasteiger charge is -2.18. The average molecular weight is 332 g/mol. The summed E-state index contributed by atoms with van der Waals surface area (Å²) in [5.74, 6) is -1.12. The van der Waals surface area contributed by atoms with E-state index in [0.717, 1.165) is 13.3 Å². The van der Waals surface area contributed by atoms with Crippen molar-refractivity contribution in [1.29, 1.82) is 0 Å². The molecule has 0 aliphatic carbocycles. The van der Waals surface area contributed by atoms with Gasteiger partial charge in [0.1, 0.15) is 18.3 Å². The van der Waals surface area contributed by atoms with Gasteiger partial charge in [0.25, 0.3) is 5.56 Å². The highest BCUT2D eigenvalue weighted by atomic mass is 16.6. The molecule has 5 N–H and O–H groups in total. The normalized spacial score (nSPS) is 28.6. The molecule has 11 nitrogen and oxygen atoms in total. The van der Waals surface area contributed by atoms with Crippen molar-refractivity contribution in [2.75, 3.05) is 13.7 Å². The summed E-state index contributed by atoms with van der Waals surface area (Å²) < 4.78 is 10.2. The average Bonchev–Trinajstić information content (AvgIpc) is 2.81. The molecule has 0 spiro atoms. The summed E-state index contributed by atoms with van der Waals surface area (Å²) in [4.78, 5) is 36.8.